The van der Waals surface area contributed by atoms with Crippen LogP contribution in [0, 0.1) is 0 Å². The largest absolute Gasteiger partial charge is 0.493 e. The number of benzene rings is 1. The maximum atomic E-state index is 11.0. The van der Waals surface area contributed by atoms with E-state index in [9.17, 15) is 4.79 Å². The molecule has 0 bridgehead atoms. The van der Waals surface area contributed by atoms with Crippen LogP contribution < -0.4 is 9.64 Å². The van der Waals surface area contributed by atoms with E-state index in [2.05, 4.69) is 0 Å². The molecule has 0 radical (unpaired) electrons. The van der Waals surface area contributed by atoms with Crippen LogP contribution in [-0.4, -0.2) is 31.8 Å². The number of rotatable bonds is 4. The third-order valence-electron chi connectivity index (χ3n) is 2.06. The van der Waals surface area contributed by atoms with Crippen molar-refractivity contribution in [2.24, 2.45) is 0 Å². The molecule has 0 amide bonds. The summed E-state index contributed by atoms with van der Waals surface area (Å²) in [6, 6.07) is 3.04. The standard InChI is InChI=1S/C11H14ClNO3/c1-4-16-10-6-9(13(2)3)8(12)5-7(10)11(14)15/h5-6H,4H2,1-3H3,(H,14,15). The maximum absolute atomic E-state index is 11.0. The first-order valence-corrected chi connectivity index (χ1v) is 5.22. The van der Waals surface area contributed by atoms with E-state index in [1.807, 2.05) is 14.1 Å². The number of ether oxygens (including phenoxy) is 1. The molecule has 0 aliphatic rings. The first-order valence-electron chi connectivity index (χ1n) is 4.84. The fourth-order valence-electron chi connectivity index (χ4n) is 1.33. The molecule has 0 atom stereocenters. The summed E-state index contributed by atoms with van der Waals surface area (Å²) in [6.45, 7) is 2.21. The predicted molar refractivity (Wildman–Crippen MR) is 63.9 cm³/mol. The Morgan fingerprint density at radius 1 is 1.50 bits per heavy atom. The second-order valence-electron chi connectivity index (χ2n) is 3.43. The lowest BCUT2D eigenvalue weighted by atomic mass is 10.1. The third kappa shape index (κ3) is 2.58. The number of anilines is 1. The maximum Gasteiger partial charge on any atom is 0.339 e. The molecule has 0 saturated heterocycles. The van der Waals surface area contributed by atoms with Gasteiger partial charge in [0.05, 0.1) is 17.3 Å². The minimum atomic E-state index is -1.05. The molecule has 0 heterocycles. The number of nitrogens with zero attached hydrogens (tertiary/aromatic N) is 1. The van der Waals surface area contributed by atoms with Gasteiger partial charge in [0.15, 0.2) is 0 Å². The average molecular weight is 244 g/mol. The van der Waals surface area contributed by atoms with Gasteiger partial charge in [-0.3, -0.25) is 0 Å². The van der Waals surface area contributed by atoms with E-state index in [1.165, 1.54) is 6.07 Å². The molecule has 1 N–H and O–H groups in total. The zero-order valence-corrected chi connectivity index (χ0v) is 10.2. The van der Waals surface area contributed by atoms with Crippen molar-refractivity contribution in [3.8, 4) is 5.75 Å². The van der Waals surface area contributed by atoms with Crippen molar-refractivity contribution in [3.05, 3.63) is 22.7 Å². The molecule has 0 spiro atoms. The molecule has 1 rings (SSSR count). The van der Waals surface area contributed by atoms with E-state index in [0.29, 0.717) is 17.4 Å². The highest BCUT2D eigenvalue weighted by molar-refractivity contribution is 6.33. The van der Waals surface area contributed by atoms with Gasteiger partial charge in [0.2, 0.25) is 0 Å². The predicted octanol–water partition coefficient (Wildman–Crippen LogP) is 2.50. The Morgan fingerprint density at radius 2 is 2.12 bits per heavy atom. The highest BCUT2D eigenvalue weighted by Gasteiger charge is 2.15. The van der Waals surface area contributed by atoms with Gasteiger partial charge in [0.1, 0.15) is 11.3 Å². The van der Waals surface area contributed by atoms with E-state index in [-0.39, 0.29) is 5.56 Å². The van der Waals surface area contributed by atoms with Crippen molar-refractivity contribution in [1.82, 2.24) is 0 Å². The SMILES string of the molecule is CCOc1cc(N(C)C)c(Cl)cc1C(=O)O. The minimum absolute atomic E-state index is 0.0810. The van der Waals surface area contributed by atoms with Gasteiger partial charge in [-0.05, 0) is 13.0 Å². The lowest BCUT2D eigenvalue weighted by Crippen LogP contribution is -2.11. The zero-order chi connectivity index (χ0) is 12.3. The van der Waals surface area contributed by atoms with Crippen LogP contribution in [0.4, 0.5) is 5.69 Å². The van der Waals surface area contributed by atoms with Gasteiger partial charge in [-0.15, -0.1) is 0 Å². The zero-order valence-electron chi connectivity index (χ0n) is 9.45. The van der Waals surface area contributed by atoms with Crippen molar-refractivity contribution in [1.29, 1.82) is 0 Å². The molecule has 0 unspecified atom stereocenters. The van der Waals surface area contributed by atoms with E-state index in [0.717, 1.165) is 5.69 Å². The minimum Gasteiger partial charge on any atom is -0.493 e. The Bertz CT molecular complexity index is 404. The van der Waals surface area contributed by atoms with Gasteiger partial charge in [-0.2, -0.15) is 0 Å². The van der Waals surface area contributed by atoms with Gasteiger partial charge in [0, 0.05) is 20.2 Å². The van der Waals surface area contributed by atoms with Gasteiger partial charge in [-0.25, -0.2) is 4.79 Å². The lowest BCUT2D eigenvalue weighted by molar-refractivity contribution is 0.0692. The Labute approximate surface area is 99.4 Å². The Hall–Kier alpha value is -1.42. The molecular formula is C11H14ClNO3. The summed E-state index contributed by atoms with van der Waals surface area (Å²) in [5.74, 6) is -0.709. The number of hydrogen-bond acceptors (Lipinski definition) is 3. The number of carboxylic acid groups (broad SMARTS) is 1. The number of carboxylic acids is 1. The molecule has 5 heteroatoms. The molecule has 0 fully saturated rings. The number of aromatic carboxylic acids is 1. The summed E-state index contributed by atoms with van der Waals surface area (Å²) in [5.41, 5.74) is 0.813. The van der Waals surface area contributed by atoms with Gasteiger partial charge >= 0.3 is 5.97 Å². The second-order valence-corrected chi connectivity index (χ2v) is 3.84. The summed E-state index contributed by atoms with van der Waals surface area (Å²) < 4.78 is 5.28. The first-order chi connectivity index (χ1) is 7.47. The molecule has 88 valence electrons. The van der Waals surface area contributed by atoms with Crippen molar-refractivity contribution < 1.29 is 14.6 Å². The van der Waals surface area contributed by atoms with Crippen LogP contribution in [-0.2, 0) is 0 Å². The van der Waals surface area contributed by atoms with Gasteiger partial charge in [0.25, 0.3) is 0 Å². The molecule has 16 heavy (non-hydrogen) atoms. The molecule has 1 aromatic rings. The summed E-state index contributed by atoms with van der Waals surface area (Å²) in [6.07, 6.45) is 0. The van der Waals surface area contributed by atoms with Crippen molar-refractivity contribution in [3.63, 3.8) is 0 Å². The lowest BCUT2D eigenvalue weighted by Gasteiger charge is -2.17. The highest BCUT2D eigenvalue weighted by Crippen LogP contribution is 2.32. The molecule has 0 aliphatic heterocycles. The highest BCUT2D eigenvalue weighted by atomic mass is 35.5. The van der Waals surface area contributed by atoms with Crippen LogP contribution in [0.5, 0.6) is 5.75 Å². The van der Waals surface area contributed by atoms with E-state index < -0.39 is 5.97 Å². The molecule has 0 aromatic heterocycles. The van der Waals surface area contributed by atoms with Gasteiger partial charge in [-0.1, -0.05) is 11.6 Å². The normalized spacial score (nSPS) is 10.0. The third-order valence-corrected chi connectivity index (χ3v) is 2.36. The Kier molecular flexibility index (Phi) is 4.01. The topological polar surface area (TPSA) is 49.8 Å². The molecular weight excluding hydrogens is 230 g/mol. The van der Waals surface area contributed by atoms with Crippen LogP contribution in [0.2, 0.25) is 5.02 Å². The number of carbonyl (C=O) groups is 1. The van der Waals surface area contributed by atoms with Crippen molar-refractivity contribution in [2.45, 2.75) is 6.92 Å². The van der Waals surface area contributed by atoms with Crippen LogP contribution >= 0.6 is 11.6 Å². The second kappa shape index (κ2) is 5.07. The average Bonchev–Trinajstić information content (AvgIpc) is 2.19. The summed E-state index contributed by atoms with van der Waals surface area (Å²) in [4.78, 5) is 12.8. The molecule has 0 saturated carbocycles. The Morgan fingerprint density at radius 3 is 2.56 bits per heavy atom. The van der Waals surface area contributed by atoms with Crippen molar-refractivity contribution in [2.75, 3.05) is 25.6 Å². The van der Waals surface area contributed by atoms with Crippen LogP contribution in [0.3, 0.4) is 0 Å². The fourth-order valence-corrected chi connectivity index (χ4v) is 1.66. The van der Waals surface area contributed by atoms with Gasteiger partial charge < -0.3 is 14.7 Å². The number of halogens is 1. The van der Waals surface area contributed by atoms with E-state index >= 15 is 0 Å². The summed E-state index contributed by atoms with van der Waals surface area (Å²) in [5, 5.41) is 9.39. The summed E-state index contributed by atoms with van der Waals surface area (Å²) >= 11 is 5.98. The smallest absolute Gasteiger partial charge is 0.339 e. The molecule has 0 aliphatic carbocycles. The van der Waals surface area contributed by atoms with Crippen molar-refractivity contribution >= 4 is 23.3 Å². The molecule has 1 aromatic carbocycles. The van der Waals surface area contributed by atoms with Crippen LogP contribution in [0.15, 0.2) is 12.1 Å². The monoisotopic (exact) mass is 243 g/mol. The van der Waals surface area contributed by atoms with Crippen LogP contribution in [0.25, 0.3) is 0 Å². The summed E-state index contributed by atoms with van der Waals surface area (Å²) in [7, 11) is 3.66. The first kappa shape index (κ1) is 12.6. The quantitative estimate of drug-likeness (QED) is 0.883. The van der Waals surface area contributed by atoms with Crippen LogP contribution in [0.1, 0.15) is 17.3 Å². The molecule has 4 nitrogen and oxygen atoms in total. The van der Waals surface area contributed by atoms with E-state index in [4.69, 9.17) is 21.4 Å². The number of hydrogen-bond donors (Lipinski definition) is 1. The fraction of sp³-hybridized carbons (Fsp3) is 0.364. The van der Waals surface area contributed by atoms with E-state index in [1.54, 1.807) is 17.9 Å². The Balaban J connectivity index is 3.31.